The summed E-state index contributed by atoms with van der Waals surface area (Å²) in [6.45, 7) is 0.627. The van der Waals surface area contributed by atoms with Gasteiger partial charge in [0.15, 0.2) is 11.5 Å². The maximum absolute atomic E-state index is 9.51. The first-order valence-corrected chi connectivity index (χ1v) is 6.05. The Morgan fingerprint density at radius 3 is 2.79 bits per heavy atom. The highest BCUT2D eigenvalue weighted by molar-refractivity contribution is 5.82. The van der Waals surface area contributed by atoms with Crippen LogP contribution < -0.4 is 11.5 Å². The maximum atomic E-state index is 9.51. The predicted octanol–water partition coefficient (Wildman–Crippen LogP) is -1.02. The van der Waals surface area contributed by atoms with E-state index in [4.69, 9.17) is 11.5 Å². The predicted molar refractivity (Wildman–Crippen MR) is 68.9 cm³/mol. The zero-order valence-electron chi connectivity index (χ0n) is 10.3. The van der Waals surface area contributed by atoms with Crippen LogP contribution in [0.3, 0.4) is 0 Å². The van der Waals surface area contributed by atoms with Crippen LogP contribution in [0.25, 0.3) is 11.2 Å². The van der Waals surface area contributed by atoms with Gasteiger partial charge in [-0.05, 0) is 12.3 Å². The number of nitrogen functional groups attached to an aromatic ring is 2. The highest BCUT2D eigenvalue weighted by atomic mass is 16.3. The second kappa shape index (κ2) is 4.04. The van der Waals surface area contributed by atoms with Crippen molar-refractivity contribution in [3.8, 4) is 0 Å². The molecule has 2 aromatic heterocycles. The number of fused-ring (bicyclic) bond motifs is 1. The summed E-state index contributed by atoms with van der Waals surface area (Å²) in [6, 6.07) is 0. The molecule has 8 nitrogen and oxygen atoms in total. The third-order valence-electron chi connectivity index (χ3n) is 3.89. The molecule has 2 aromatic rings. The minimum absolute atomic E-state index is 0.0218. The fraction of sp³-hybridized carbons (Fsp3) is 0.545. The first-order valence-electron chi connectivity index (χ1n) is 6.05. The third-order valence-corrected chi connectivity index (χ3v) is 3.89. The third kappa shape index (κ3) is 1.80. The Bertz CT molecular complexity index is 627. The second-order valence-corrected chi connectivity index (χ2v) is 5.12. The van der Waals surface area contributed by atoms with Gasteiger partial charge in [0.1, 0.15) is 5.52 Å². The van der Waals surface area contributed by atoms with E-state index >= 15 is 0 Å². The van der Waals surface area contributed by atoms with Crippen molar-refractivity contribution in [2.24, 2.45) is 11.3 Å². The van der Waals surface area contributed by atoms with Gasteiger partial charge in [-0.15, -0.1) is 0 Å². The number of rotatable bonds is 4. The molecule has 19 heavy (non-hydrogen) atoms. The van der Waals surface area contributed by atoms with Crippen molar-refractivity contribution in [2.75, 3.05) is 24.7 Å². The monoisotopic (exact) mass is 264 g/mol. The van der Waals surface area contributed by atoms with Gasteiger partial charge in [0.05, 0.1) is 12.9 Å². The van der Waals surface area contributed by atoms with Crippen LogP contribution in [-0.4, -0.2) is 42.9 Å². The highest BCUT2D eigenvalue weighted by Crippen LogP contribution is 2.53. The van der Waals surface area contributed by atoms with Gasteiger partial charge in [0.25, 0.3) is 0 Å². The lowest BCUT2D eigenvalue weighted by atomic mass is 10.1. The molecule has 0 amide bonds. The summed E-state index contributed by atoms with van der Waals surface area (Å²) in [6.07, 6.45) is 2.40. The second-order valence-electron chi connectivity index (χ2n) is 5.12. The van der Waals surface area contributed by atoms with E-state index in [9.17, 15) is 10.2 Å². The van der Waals surface area contributed by atoms with Gasteiger partial charge in [-0.25, -0.2) is 4.98 Å². The van der Waals surface area contributed by atoms with Gasteiger partial charge in [0.2, 0.25) is 5.95 Å². The van der Waals surface area contributed by atoms with Crippen molar-refractivity contribution in [3.05, 3.63) is 6.33 Å². The number of imidazole rings is 1. The van der Waals surface area contributed by atoms with E-state index in [-0.39, 0.29) is 36.3 Å². The summed E-state index contributed by atoms with van der Waals surface area (Å²) in [4.78, 5) is 12.2. The van der Waals surface area contributed by atoms with Crippen LogP contribution in [-0.2, 0) is 6.54 Å². The minimum atomic E-state index is -0.295. The topological polar surface area (TPSA) is 136 Å². The molecule has 102 valence electrons. The number of hydrogen-bond acceptors (Lipinski definition) is 7. The molecule has 0 aromatic carbocycles. The summed E-state index contributed by atoms with van der Waals surface area (Å²) in [7, 11) is 0. The van der Waals surface area contributed by atoms with Crippen LogP contribution in [0.4, 0.5) is 11.8 Å². The molecule has 3 rings (SSSR count). The van der Waals surface area contributed by atoms with E-state index in [2.05, 4.69) is 15.0 Å². The van der Waals surface area contributed by atoms with Crippen molar-refractivity contribution < 1.29 is 10.2 Å². The standard InChI is InChI=1S/C11H16N6O2/c12-8-7-9(16-10(13)15-8)17(5-14-7)3-11(4-19)1-6(11)2-18/h5-6,18-19H,1-4H2,(H4,12,13,15,16)/t6-,11?/m1/s1. The summed E-state index contributed by atoms with van der Waals surface area (Å²) < 4.78 is 1.80. The van der Waals surface area contributed by atoms with Crippen LogP contribution in [0, 0.1) is 11.3 Å². The number of hydrogen-bond donors (Lipinski definition) is 4. The number of aliphatic hydroxyl groups is 2. The normalized spacial score (nSPS) is 25.9. The van der Waals surface area contributed by atoms with Crippen molar-refractivity contribution in [2.45, 2.75) is 13.0 Å². The lowest BCUT2D eigenvalue weighted by molar-refractivity contribution is 0.159. The van der Waals surface area contributed by atoms with Crippen molar-refractivity contribution in [3.63, 3.8) is 0 Å². The molecule has 0 saturated heterocycles. The zero-order valence-corrected chi connectivity index (χ0v) is 10.3. The van der Waals surface area contributed by atoms with Crippen LogP contribution >= 0.6 is 0 Å². The molecule has 2 atom stereocenters. The van der Waals surface area contributed by atoms with Gasteiger partial charge in [-0.3, -0.25) is 0 Å². The van der Waals surface area contributed by atoms with E-state index < -0.39 is 0 Å². The zero-order chi connectivity index (χ0) is 13.6. The van der Waals surface area contributed by atoms with E-state index in [1.165, 1.54) is 0 Å². The lowest BCUT2D eigenvalue weighted by Gasteiger charge is -2.14. The highest BCUT2D eigenvalue weighted by Gasteiger charge is 2.53. The Morgan fingerprint density at radius 1 is 1.37 bits per heavy atom. The number of aromatic nitrogens is 4. The number of aliphatic hydroxyl groups excluding tert-OH is 2. The van der Waals surface area contributed by atoms with E-state index in [1.54, 1.807) is 10.9 Å². The molecule has 2 heterocycles. The largest absolute Gasteiger partial charge is 0.396 e. The minimum Gasteiger partial charge on any atom is -0.396 e. The van der Waals surface area contributed by atoms with Crippen molar-refractivity contribution in [1.82, 2.24) is 19.5 Å². The van der Waals surface area contributed by atoms with Crippen molar-refractivity contribution >= 4 is 22.9 Å². The maximum Gasteiger partial charge on any atom is 0.224 e. The summed E-state index contributed by atoms with van der Waals surface area (Å²) in [5.74, 6) is 0.458. The van der Waals surface area contributed by atoms with Crippen molar-refractivity contribution in [1.29, 1.82) is 0 Å². The van der Waals surface area contributed by atoms with Crippen LogP contribution in [0.2, 0.25) is 0 Å². The molecular weight excluding hydrogens is 248 g/mol. The number of nitrogens with zero attached hydrogens (tertiary/aromatic N) is 4. The van der Waals surface area contributed by atoms with Gasteiger partial charge in [-0.1, -0.05) is 0 Å². The Balaban J connectivity index is 1.98. The van der Waals surface area contributed by atoms with Gasteiger partial charge >= 0.3 is 0 Å². The fourth-order valence-corrected chi connectivity index (χ4v) is 2.57. The van der Waals surface area contributed by atoms with Crippen LogP contribution in [0.15, 0.2) is 6.33 Å². The molecule has 1 aliphatic carbocycles. The van der Waals surface area contributed by atoms with Crippen LogP contribution in [0.1, 0.15) is 6.42 Å². The molecule has 1 aliphatic rings. The molecule has 6 N–H and O–H groups in total. The average molecular weight is 264 g/mol. The first-order chi connectivity index (χ1) is 9.09. The van der Waals surface area contributed by atoms with E-state index in [0.29, 0.717) is 17.7 Å². The summed E-state index contributed by atoms with van der Waals surface area (Å²) in [5.41, 5.74) is 12.1. The molecular formula is C11H16N6O2. The Labute approximate surface area is 109 Å². The molecule has 0 radical (unpaired) electrons. The molecule has 0 aliphatic heterocycles. The Hall–Kier alpha value is -1.93. The Kier molecular flexibility index (Phi) is 2.58. The van der Waals surface area contributed by atoms with E-state index in [0.717, 1.165) is 6.42 Å². The van der Waals surface area contributed by atoms with Gasteiger partial charge in [-0.2, -0.15) is 9.97 Å². The molecule has 1 saturated carbocycles. The van der Waals surface area contributed by atoms with Gasteiger partial charge < -0.3 is 26.2 Å². The van der Waals surface area contributed by atoms with E-state index in [1.807, 2.05) is 0 Å². The molecule has 8 heteroatoms. The summed E-state index contributed by atoms with van der Waals surface area (Å²) in [5, 5.41) is 18.7. The molecule has 1 unspecified atom stereocenters. The lowest BCUT2D eigenvalue weighted by Crippen LogP contribution is -2.19. The molecule has 0 spiro atoms. The van der Waals surface area contributed by atoms with Gasteiger partial charge in [0, 0.05) is 18.6 Å². The Morgan fingerprint density at radius 2 is 2.16 bits per heavy atom. The van der Waals surface area contributed by atoms with Crippen LogP contribution in [0.5, 0.6) is 0 Å². The fourth-order valence-electron chi connectivity index (χ4n) is 2.57. The molecule has 1 fully saturated rings. The number of anilines is 2. The molecule has 0 bridgehead atoms. The first kappa shape index (κ1) is 12.1. The quantitative estimate of drug-likeness (QED) is 0.555. The average Bonchev–Trinajstić information content (AvgIpc) is 2.95. The summed E-state index contributed by atoms with van der Waals surface area (Å²) >= 11 is 0. The number of nitrogens with two attached hydrogens (primary N) is 2. The SMILES string of the molecule is Nc1nc(N)c2ncn(CC3(CO)C[C@@H]3CO)c2n1. The smallest absolute Gasteiger partial charge is 0.224 e.